The lowest BCUT2D eigenvalue weighted by molar-refractivity contribution is 0.321. The molecule has 3 N–H and O–H groups in total. The quantitative estimate of drug-likeness (QED) is 0.858. The fourth-order valence-corrected chi connectivity index (χ4v) is 2.63. The van der Waals surface area contributed by atoms with Crippen LogP contribution in [0.25, 0.3) is 0 Å². The zero-order valence-electron chi connectivity index (χ0n) is 11.4. The maximum absolute atomic E-state index is 6.16. The average molecular weight is 248 g/mol. The Balaban J connectivity index is 1.94. The van der Waals surface area contributed by atoms with Gasteiger partial charge in [-0.05, 0) is 32.1 Å². The molecule has 1 saturated carbocycles. The molecule has 1 aliphatic rings. The second-order valence-corrected chi connectivity index (χ2v) is 5.23. The largest absolute Gasteiger partial charge is 0.370 e. The van der Waals surface area contributed by atoms with Crippen molar-refractivity contribution in [3.05, 3.63) is 17.6 Å². The summed E-state index contributed by atoms with van der Waals surface area (Å²) >= 11 is 0. The van der Waals surface area contributed by atoms with E-state index in [2.05, 4.69) is 22.2 Å². The smallest absolute Gasteiger partial charge is 0.129 e. The number of aromatic nitrogens is 2. The lowest BCUT2D eigenvalue weighted by atomic mass is 9.85. The fraction of sp³-hybridized carbons (Fsp3) is 0.714. The van der Waals surface area contributed by atoms with E-state index in [-0.39, 0.29) is 0 Å². The van der Waals surface area contributed by atoms with Crippen molar-refractivity contribution in [3.63, 3.8) is 0 Å². The highest BCUT2D eigenvalue weighted by molar-refractivity contribution is 5.36. The van der Waals surface area contributed by atoms with Crippen LogP contribution >= 0.6 is 0 Å². The van der Waals surface area contributed by atoms with Crippen molar-refractivity contribution < 1.29 is 0 Å². The summed E-state index contributed by atoms with van der Waals surface area (Å²) in [7, 11) is 0. The molecule has 0 bridgehead atoms. The van der Waals surface area contributed by atoms with E-state index in [4.69, 9.17) is 5.73 Å². The SMILES string of the molecule is CCc1cc(NCC2CCCCC2N)nc(C)n1. The summed E-state index contributed by atoms with van der Waals surface area (Å²) in [6.07, 6.45) is 5.93. The van der Waals surface area contributed by atoms with Crippen molar-refractivity contribution in [1.29, 1.82) is 0 Å². The van der Waals surface area contributed by atoms with E-state index >= 15 is 0 Å². The van der Waals surface area contributed by atoms with Crippen molar-refractivity contribution in [3.8, 4) is 0 Å². The van der Waals surface area contributed by atoms with Crippen molar-refractivity contribution >= 4 is 5.82 Å². The molecule has 2 unspecified atom stereocenters. The highest BCUT2D eigenvalue weighted by Gasteiger charge is 2.21. The molecule has 2 rings (SSSR count). The van der Waals surface area contributed by atoms with Crippen LogP contribution in [0.5, 0.6) is 0 Å². The Bertz CT molecular complexity index is 391. The first kappa shape index (κ1) is 13.3. The van der Waals surface area contributed by atoms with E-state index < -0.39 is 0 Å². The second-order valence-electron chi connectivity index (χ2n) is 5.23. The predicted octanol–water partition coefficient (Wildman–Crippen LogP) is 2.28. The Hall–Kier alpha value is -1.16. The third-order valence-electron chi connectivity index (χ3n) is 3.77. The van der Waals surface area contributed by atoms with E-state index in [0.717, 1.165) is 36.7 Å². The van der Waals surface area contributed by atoms with Gasteiger partial charge in [0.25, 0.3) is 0 Å². The Labute approximate surface area is 109 Å². The number of rotatable bonds is 4. The van der Waals surface area contributed by atoms with Gasteiger partial charge in [0.05, 0.1) is 0 Å². The van der Waals surface area contributed by atoms with Crippen molar-refractivity contribution in [1.82, 2.24) is 9.97 Å². The molecular formula is C14H24N4. The number of aryl methyl sites for hydroxylation is 2. The van der Waals surface area contributed by atoms with Gasteiger partial charge < -0.3 is 11.1 Å². The van der Waals surface area contributed by atoms with Crippen LogP contribution in [0.2, 0.25) is 0 Å². The van der Waals surface area contributed by atoms with Crippen LogP contribution < -0.4 is 11.1 Å². The van der Waals surface area contributed by atoms with Crippen molar-refractivity contribution in [2.24, 2.45) is 11.7 Å². The Morgan fingerprint density at radius 2 is 2.11 bits per heavy atom. The molecule has 4 nitrogen and oxygen atoms in total. The fourth-order valence-electron chi connectivity index (χ4n) is 2.63. The van der Waals surface area contributed by atoms with Crippen LogP contribution in [-0.4, -0.2) is 22.6 Å². The molecule has 0 spiro atoms. The Morgan fingerprint density at radius 1 is 1.33 bits per heavy atom. The molecule has 1 aliphatic carbocycles. The molecule has 1 heterocycles. The average Bonchev–Trinajstić information content (AvgIpc) is 2.37. The predicted molar refractivity (Wildman–Crippen MR) is 74.6 cm³/mol. The second kappa shape index (κ2) is 6.14. The summed E-state index contributed by atoms with van der Waals surface area (Å²) in [5.74, 6) is 2.36. The summed E-state index contributed by atoms with van der Waals surface area (Å²) in [6.45, 7) is 4.99. The zero-order chi connectivity index (χ0) is 13.0. The van der Waals surface area contributed by atoms with E-state index in [1.165, 1.54) is 19.3 Å². The third kappa shape index (κ3) is 3.42. The molecule has 1 fully saturated rings. The van der Waals surface area contributed by atoms with Gasteiger partial charge in [-0.3, -0.25) is 0 Å². The first-order valence-corrected chi connectivity index (χ1v) is 7.03. The van der Waals surface area contributed by atoms with Gasteiger partial charge in [0.15, 0.2) is 0 Å². The Morgan fingerprint density at radius 3 is 2.83 bits per heavy atom. The van der Waals surface area contributed by atoms with Gasteiger partial charge in [-0.15, -0.1) is 0 Å². The lowest BCUT2D eigenvalue weighted by Crippen LogP contribution is -2.37. The monoisotopic (exact) mass is 248 g/mol. The zero-order valence-corrected chi connectivity index (χ0v) is 11.4. The van der Waals surface area contributed by atoms with Gasteiger partial charge in [0.1, 0.15) is 11.6 Å². The molecule has 0 saturated heterocycles. The summed E-state index contributed by atoms with van der Waals surface area (Å²) in [5, 5.41) is 3.43. The van der Waals surface area contributed by atoms with Gasteiger partial charge >= 0.3 is 0 Å². The van der Waals surface area contributed by atoms with Crippen LogP contribution in [0, 0.1) is 12.8 Å². The van der Waals surface area contributed by atoms with Crippen LogP contribution in [-0.2, 0) is 6.42 Å². The number of nitrogens with zero attached hydrogens (tertiary/aromatic N) is 2. The molecule has 100 valence electrons. The van der Waals surface area contributed by atoms with E-state index in [0.29, 0.717) is 12.0 Å². The minimum Gasteiger partial charge on any atom is -0.370 e. The van der Waals surface area contributed by atoms with Crippen LogP contribution in [0.1, 0.15) is 44.1 Å². The number of nitrogens with two attached hydrogens (primary N) is 1. The number of nitrogens with one attached hydrogen (secondary N) is 1. The van der Waals surface area contributed by atoms with Gasteiger partial charge in [0.2, 0.25) is 0 Å². The molecule has 2 atom stereocenters. The maximum Gasteiger partial charge on any atom is 0.129 e. The lowest BCUT2D eigenvalue weighted by Gasteiger charge is -2.28. The summed E-state index contributed by atoms with van der Waals surface area (Å²) in [4.78, 5) is 8.81. The highest BCUT2D eigenvalue weighted by atomic mass is 15.0. The van der Waals surface area contributed by atoms with Gasteiger partial charge in [-0.2, -0.15) is 0 Å². The Kier molecular flexibility index (Phi) is 4.53. The maximum atomic E-state index is 6.16. The molecule has 0 amide bonds. The van der Waals surface area contributed by atoms with E-state index in [9.17, 15) is 0 Å². The van der Waals surface area contributed by atoms with Crippen LogP contribution in [0.3, 0.4) is 0 Å². The van der Waals surface area contributed by atoms with Crippen LogP contribution in [0.15, 0.2) is 6.07 Å². The number of anilines is 1. The number of hydrogen-bond donors (Lipinski definition) is 2. The molecular weight excluding hydrogens is 224 g/mol. The first-order chi connectivity index (χ1) is 8.69. The van der Waals surface area contributed by atoms with Gasteiger partial charge in [0, 0.05) is 24.3 Å². The number of hydrogen-bond acceptors (Lipinski definition) is 4. The summed E-state index contributed by atoms with van der Waals surface area (Å²) in [6, 6.07) is 2.39. The molecule has 18 heavy (non-hydrogen) atoms. The van der Waals surface area contributed by atoms with Crippen molar-refractivity contribution in [2.45, 2.75) is 52.0 Å². The minimum atomic E-state index is 0.347. The van der Waals surface area contributed by atoms with Crippen molar-refractivity contribution in [2.75, 3.05) is 11.9 Å². The van der Waals surface area contributed by atoms with E-state index in [1.54, 1.807) is 0 Å². The standard InChI is InChI=1S/C14H24N4/c1-3-12-8-14(18-10(2)17-12)16-9-11-6-4-5-7-13(11)15/h8,11,13H,3-7,9,15H2,1-2H3,(H,16,17,18). The molecule has 0 radical (unpaired) electrons. The molecule has 1 aromatic heterocycles. The summed E-state index contributed by atoms with van der Waals surface area (Å²) in [5.41, 5.74) is 7.25. The summed E-state index contributed by atoms with van der Waals surface area (Å²) < 4.78 is 0. The third-order valence-corrected chi connectivity index (χ3v) is 3.77. The van der Waals surface area contributed by atoms with E-state index in [1.807, 2.05) is 13.0 Å². The molecule has 0 aliphatic heterocycles. The molecule has 4 heteroatoms. The molecule has 0 aromatic carbocycles. The minimum absolute atomic E-state index is 0.347. The molecule has 1 aromatic rings. The van der Waals surface area contributed by atoms with Gasteiger partial charge in [-0.25, -0.2) is 9.97 Å². The van der Waals surface area contributed by atoms with Crippen LogP contribution in [0.4, 0.5) is 5.82 Å². The van der Waals surface area contributed by atoms with Gasteiger partial charge in [-0.1, -0.05) is 19.8 Å². The normalized spacial score (nSPS) is 23.9. The topological polar surface area (TPSA) is 63.8 Å². The highest BCUT2D eigenvalue weighted by Crippen LogP contribution is 2.23. The first-order valence-electron chi connectivity index (χ1n) is 7.03.